The van der Waals surface area contributed by atoms with Gasteiger partial charge in [0.25, 0.3) is 0 Å². The molecule has 0 N–H and O–H groups in total. The molecule has 6 heteroatoms. The van der Waals surface area contributed by atoms with Crippen LogP contribution in [0.5, 0.6) is 0 Å². The molecule has 6 unspecified atom stereocenters. The third kappa shape index (κ3) is 6.58. The van der Waals surface area contributed by atoms with Gasteiger partial charge in [-0.05, 0) is 169 Å². The summed E-state index contributed by atoms with van der Waals surface area (Å²) in [6, 6.07) is 9.45. The molecule has 0 amide bonds. The first-order chi connectivity index (χ1) is 29.0. The molecule has 0 bridgehead atoms. The number of hydrogen-bond donors (Lipinski definition) is 0. The molecule has 0 radical (unpaired) electrons. The fourth-order valence-corrected chi connectivity index (χ4v) is 14.6. The zero-order valence-corrected chi connectivity index (χ0v) is 35.7. The molecule has 12 atom stereocenters. The van der Waals surface area contributed by atoms with E-state index in [1.54, 1.807) is 12.3 Å². The van der Waals surface area contributed by atoms with Crippen LogP contribution in [-0.2, 0) is 19.1 Å². The molecule has 0 aliphatic heterocycles. The Kier molecular flexibility index (Phi) is 9.35. The second-order valence-corrected chi connectivity index (χ2v) is 20.3. The number of ether oxygens (including phenoxy) is 2. The number of fused-ring (bicyclic) bond motifs is 10. The minimum atomic E-state index is -0.170. The predicted molar refractivity (Wildman–Crippen MR) is 230 cm³/mol. The first-order valence-corrected chi connectivity index (χ1v) is 22.5. The molecule has 0 saturated heterocycles. The summed E-state index contributed by atoms with van der Waals surface area (Å²) in [5.41, 5.74) is 8.13. The normalized spacial score (nSPS) is 41.9. The molecule has 0 spiro atoms. The highest BCUT2D eigenvalue weighted by atomic mass is 16.5. The molecule has 4 saturated carbocycles. The maximum Gasteiger partial charge on any atom is 0.302 e. The van der Waals surface area contributed by atoms with Crippen LogP contribution in [0.3, 0.4) is 0 Å². The van der Waals surface area contributed by atoms with Crippen LogP contribution in [0.15, 0.2) is 84.4 Å². The maximum absolute atomic E-state index is 11.5. The molecule has 8 aliphatic carbocycles. The van der Waals surface area contributed by atoms with Crippen molar-refractivity contribution in [3.8, 4) is 0 Å². The first-order valence-electron chi connectivity index (χ1n) is 24.0. The van der Waals surface area contributed by atoms with E-state index in [9.17, 15) is 9.59 Å². The van der Waals surface area contributed by atoms with Crippen LogP contribution < -0.4 is 0 Å². The van der Waals surface area contributed by atoms with Gasteiger partial charge in [-0.25, -0.2) is 0 Å². The van der Waals surface area contributed by atoms with E-state index >= 15 is 0 Å². The van der Waals surface area contributed by atoms with Crippen molar-refractivity contribution in [2.75, 3.05) is 0 Å². The Hall–Kier alpha value is -3.80. The van der Waals surface area contributed by atoms with Crippen molar-refractivity contribution in [1.82, 2.24) is 9.97 Å². The summed E-state index contributed by atoms with van der Waals surface area (Å²) in [4.78, 5) is 31.5. The van der Waals surface area contributed by atoms with E-state index in [-0.39, 0.29) is 52.0 Å². The highest BCUT2D eigenvalue weighted by molar-refractivity contribution is 5.73. The average molecular weight is 786 g/mol. The monoisotopic (exact) mass is 786 g/mol. The number of nitrogens with zero attached hydrogens (tertiary/aromatic N) is 2. The van der Waals surface area contributed by atoms with Gasteiger partial charge in [-0.15, -0.1) is 0 Å². The molecule has 4 fully saturated rings. The fourth-order valence-electron chi connectivity index (χ4n) is 14.6. The van der Waals surface area contributed by atoms with Crippen molar-refractivity contribution >= 4 is 23.1 Å². The summed E-state index contributed by atoms with van der Waals surface area (Å²) in [7, 11) is 0. The van der Waals surface area contributed by atoms with E-state index in [1.807, 2.05) is 24.5 Å². The molecule has 2 aromatic heterocycles. The van der Waals surface area contributed by atoms with E-state index in [0.29, 0.717) is 35.5 Å². The molecular formula is C52H66N2O4. The van der Waals surface area contributed by atoms with Gasteiger partial charge in [0, 0.05) is 51.5 Å². The molecule has 2 heterocycles. The van der Waals surface area contributed by atoms with Gasteiger partial charge in [-0.1, -0.05) is 75.2 Å². The standard InChI is InChI=1S/2C26H33NO2/c2*1-17(28)29-20-10-12-25(2)19(15-20)6-7-21-23-9-8-22(18-5-4-14-27-16-18)26(23,3)13-11-24(21)25/h2*4-6,8,14,16,20-21,23-24H,7,9-13,15H2,1-3H3/t2*20-,21?,23?,24?,25-,26+/m00/s1/i8D,14D;8D. The van der Waals surface area contributed by atoms with Crippen LogP contribution in [0.1, 0.15) is 147 Å². The van der Waals surface area contributed by atoms with Crippen LogP contribution in [-0.4, -0.2) is 34.1 Å². The lowest BCUT2D eigenvalue weighted by Gasteiger charge is -2.57. The van der Waals surface area contributed by atoms with Crippen molar-refractivity contribution in [1.29, 1.82) is 0 Å². The van der Waals surface area contributed by atoms with E-state index in [0.717, 1.165) is 100 Å². The number of hydrogen-bond acceptors (Lipinski definition) is 6. The quantitative estimate of drug-likeness (QED) is 0.227. The number of esters is 2. The highest BCUT2D eigenvalue weighted by Gasteiger charge is 2.58. The van der Waals surface area contributed by atoms with Crippen LogP contribution in [0.4, 0.5) is 0 Å². The van der Waals surface area contributed by atoms with Gasteiger partial charge < -0.3 is 9.47 Å². The van der Waals surface area contributed by atoms with Gasteiger partial charge in [-0.3, -0.25) is 19.6 Å². The SMILES string of the molecule is [2H]C1=C(c2ccc([2H])nc2)[C@@]2(C)CCC3C(CC=C4C[C@@H](OC(C)=O)CC[C@@]43C)C2C1.[2H]C1=C(c2cccnc2)[C@@]2(C)CCC3C(CC=C4C[C@@H](OC(C)=O)CC[C@@]43C)C2C1. The summed E-state index contributed by atoms with van der Waals surface area (Å²) < 4.78 is 36.6. The zero-order valence-electron chi connectivity index (χ0n) is 38.7. The highest BCUT2D eigenvalue weighted by Crippen LogP contribution is 2.68. The topological polar surface area (TPSA) is 78.4 Å². The number of rotatable bonds is 4. The van der Waals surface area contributed by atoms with Crippen molar-refractivity contribution in [2.24, 2.45) is 57.2 Å². The second-order valence-electron chi connectivity index (χ2n) is 20.3. The molecule has 308 valence electrons. The minimum Gasteiger partial charge on any atom is -0.462 e. The van der Waals surface area contributed by atoms with Crippen LogP contribution >= 0.6 is 0 Å². The summed E-state index contributed by atoms with van der Waals surface area (Å²) in [5.74, 6) is 3.26. The molecule has 0 aromatic carbocycles. The summed E-state index contributed by atoms with van der Waals surface area (Å²) in [5, 5.41) is 0. The lowest BCUT2D eigenvalue weighted by Crippen LogP contribution is -2.50. The average Bonchev–Trinajstić information content (AvgIpc) is 3.66. The fraction of sp³-hybridized carbons (Fsp3) is 0.615. The van der Waals surface area contributed by atoms with Gasteiger partial charge in [0.2, 0.25) is 0 Å². The third-order valence-corrected chi connectivity index (χ3v) is 17.6. The van der Waals surface area contributed by atoms with Crippen molar-refractivity contribution in [2.45, 2.75) is 144 Å². The third-order valence-electron chi connectivity index (χ3n) is 17.6. The largest absolute Gasteiger partial charge is 0.462 e. The molecule has 2 aromatic rings. The summed E-state index contributed by atoms with van der Waals surface area (Å²) in [6.45, 7) is 12.7. The Labute approximate surface area is 351 Å². The molecule has 10 rings (SSSR count). The first kappa shape index (κ1) is 36.1. The van der Waals surface area contributed by atoms with Gasteiger partial charge in [0.1, 0.15) is 12.2 Å². The van der Waals surface area contributed by atoms with Crippen LogP contribution in [0, 0.1) is 57.2 Å². The van der Waals surface area contributed by atoms with Crippen LogP contribution in [0.2, 0.25) is 0 Å². The van der Waals surface area contributed by atoms with Gasteiger partial charge in [-0.2, -0.15) is 0 Å². The van der Waals surface area contributed by atoms with Crippen molar-refractivity contribution in [3.63, 3.8) is 0 Å². The zero-order chi connectivity index (χ0) is 43.1. The van der Waals surface area contributed by atoms with Crippen molar-refractivity contribution in [3.05, 3.63) is 95.6 Å². The summed E-state index contributed by atoms with van der Waals surface area (Å²) in [6.07, 6.45) is 25.4. The Balaban J connectivity index is 0.000000156. The Bertz CT molecular complexity index is 2200. The number of aromatic nitrogens is 2. The molecule has 6 nitrogen and oxygen atoms in total. The summed E-state index contributed by atoms with van der Waals surface area (Å²) >= 11 is 0. The number of carbonyl (C=O) groups is 2. The predicted octanol–water partition coefficient (Wildman–Crippen LogP) is 11.9. The molecule has 8 aliphatic rings. The lowest BCUT2D eigenvalue weighted by atomic mass is 9.47. The van der Waals surface area contributed by atoms with Gasteiger partial charge in [0.05, 0.1) is 4.11 Å². The van der Waals surface area contributed by atoms with E-state index in [4.69, 9.17) is 13.6 Å². The number of carbonyl (C=O) groups excluding carboxylic acids is 2. The van der Waals surface area contributed by atoms with Gasteiger partial charge >= 0.3 is 11.9 Å². The maximum atomic E-state index is 11.5. The minimum absolute atomic E-state index is 0.0140. The van der Waals surface area contributed by atoms with E-state index in [2.05, 4.69) is 55.9 Å². The molecular weight excluding hydrogens is 717 g/mol. The van der Waals surface area contributed by atoms with E-state index in [1.165, 1.54) is 49.0 Å². The smallest absolute Gasteiger partial charge is 0.302 e. The van der Waals surface area contributed by atoms with Crippen molar-refractivity contribution < 1.29 is 23.2 Å². The Morgan fingerprint density at radius 2 is 1.09 bits per heavy atom. The molecule has 58 heavy (non-hydrogen) atoms. The van der Waals surface area contributed by atoms with Crippen LogP contribution in [0.25, 0.3) is 11.1 Å². The van der Waals surface area contributed by atoms with E-state index < -0.39 is 0 Å². The Morgan fingerprint density at radius 1 is 0.621 bits per heavy atom. The van der Waals surface area contributed by atoms with Gasteiger partial charge in [0.15, 0.2) is 0 Å². The lowest BCUT2D eigenvalue weighted by molar-refractivity contribution is -0.149. The second kappa shape index (κ2) is 15.0. The number of allylic oxidation sites excluding steroid dienone is 6. The number of pyridine rings is 2. The Morgan fingerprint density at radius 3 is 1.52 bits per heavy atom.